The molecule has 4 heterocycles. The first-order valence-corrected chi connectivity index (χ1v) is 18.9. The summed E-state index contributed by atoms with van der Waals surface area (Å²) in [5, 5.41) is 4.41. The maximum absolute atomic E-state index is 11.4. The van der Waals surface area contributed by atoms with Crippen LogP contribution in [0.15, 0.2) is 103 Å². The van der Waals surface area contributed by atoms with Crippen LogP contribution in [-0.2, 0) is 73.1 Å². The van der Waals surface area contributed by atoms with Gasteiger partial charge in [-0.2, -0.15) is 0 Å². The number of fused-ring (bicyclic) bond motifs is 1. The number of hydrogen-bond acceptors (Lipinski definition) is 11. The van der Waals surface area contributed by atoms with Crippen LogP contribution in [0.3, 0.4) is 0 Å². The second-order valence-electron chi connectivity index (χ2n) is 12.4. The summed E-state index contributed by atoms with van der Waals surface area (Å²) < 4.78 is 26.5. The van der Waals surface area contributed by atoms with Crippen molar-refractivity contribution in [3.05, 3.63) is 114 Å². The minimum Gasteiger partial charge on any atom is -0.757 e. The van der Waals surface area contributed by atoms with Crippen molar-refractivity contribution in [1.82, 2.24) is 9.97 Å². The van der Waals surface area contributed by atoms with Crippen molar-refractivity contribution < 1.29 is 60.4 Å². The molecule has 1 saturated carbocycles. The monoisotopic (exact) mass is 927 g/mol. The van der Waals surface area contributed by atoms with Gasteiger partial charge in [-0.3, -0.25) is 24.4 Å². The molecular weight excluding hydrogens is 884 g/mol. The van der Waals surface area contributed by atoms with Crippen LogP contribution in [0.2, 0.25) is 0 Å². The van der Waals surface area contributed by atoms with Gasteiger partial charge >= 0.3 is 40.3 Å². The summed E-state index contributed by atoms with van der Waals surface area (Å²) in [5.41, 5.74) is 4.42. The zero-order valence-electron chi connectivity index (χ0n) is 29.5. The van der Waals surface area contributed by atoms with E-state index in [1.165, 1.54) is 62.4 Å². The van der Waals surface area contributed by atoms with Gasteiger partial charge in [0, 0.05) is 44.3 Å². The first kappa shape index (κ1) is 41.2. The van der Waals surface area contributed by atoms with Crippen LogP contribution in [0.25, 0.3) is 10.6 Å². The number of allylic oxidation sites excluding steroid dienone is 3. The largest absolute Gasteiger partial charge is 1.00 e. The first-order valence-electron chi connectivity index (χ1n) is 16.9. The van der Waals surface area contributed by atoms with Gasteiger partial charge in [-0.05, 0) is 74.4 Å². The fraction of sp³-hybridized carbons (Fsp3) is 0.359. The molecule has 1 aromatic carbocycles. The number of ether oxygens (including phenoxy) is 5. The molecule has 0 amide bonds. The summed E-state index contributed by atoms with van der Waals surface area (Å²) in [6.07, 6.45) is 4.93. The van der Waals surface area contributed by atoms with Crippen molar-refractivity contribution in [3.63, 3.8) is 0 Å². The van der Waals surface area contributed by atoms with E-state index in [0.29, 0.717) is 5.76 Å². The maximum atomic E-state index is 11.4. The molecule has 5 atom stereocenters. The number of benzene rings is 1. The van der Waals surface area contributed by atoms with Gasteiger partial charge in [-0.1, -0.05) is 36.9 Å². The van der Waals surface area contributed by atoms with E-state index in [4.69, 9.17) is 46.3 Å². The third-order valence-corrected chi connectivity index (χ3v) is 11.9. The smallest absolute Gasteiger partial charge is 0.757 e. The van der Waals surface area contributed by atoms with Gasteiger partial charge < -0.3 is 36.3 Å². The Morgan fingerprint density at radius 1 is 0.750 bits per heavy atom. The molecular formula is C39H43AuN2O8PS+. The quantitative estimate of drug-likeness (QED) is 0.0598. The van der Waals surface area contributed by atoms with Crippen LogP contribution >= 0.6 is 7.92 Å². The molecule has 0 bridgehead atoms. The average Bonchev–Trinajstić information content (AvgIpc) is 3.46. The minimum atomic E-state index is -1.12. The third-order valence-electron chi connectivity index (χ3n) is 8.46. The van der Waals surface area contributed by atoms with Crippen molar-refractivity contribution in [2.45, 2.75) is 83.2 Å². The molecule has 1 saturated heterocycles. The van der Waals surface area contributed by atoms with Crippen LogP contribution in [0.4, 0.5) is 0 Å². The molecule has 10 nitrogen and oxygen atoms in total. The second-order valence-corrected chi connectivity index (χ2v) is 15.2. The van der Waals surface area contributed by atoms with Gasteiger partial charge in [0.25, 0.3) is 0 Å². The third kappa shape index (κ3) is 10.3. The SMILES string of the molecule is C=C(C)O[C@@H]1[C@@H](OC(C)=O)[C@H]([S-])O[C@H](COC(C)=O)[C@H]1OC(C)=O.[Au+].c1ccc([PH+]2C(c3ccccn3)=C3CCCCC3=C2c2ccccn2)cc1. The summed E-state index contributed by atoms with van der Waals surface area (Å²) in [4.78, 5) is 43.4. The molecule has 6 rings (SSSR count). The van der Waals surface area contributed by atoms with Gasteiger partial charge in [-0.15, -0.1) is 0 Å². The minimum absolute atomic E-state index is 0. The van der Waals surface area contributed by atoms with E-state index < -0.39 is 55.7 Å². The summed E-state index contributed by atoms with van der Waals surface area (Å²) in [6, 6.07) is 23.6. The Hall–Kier alpha value is -3.57. The molecule has 0 radical (unpaired) electrons. The van der Waals surface area contributed by atoms with Gasteiger partial charge in [0.05, 0.1) is 5.76 Å². The first-order chi connectivity index (χ1) is 24.5. The van der Waals surface area contributed by atoms with E-state index in [2.05, 4.69) is 61.2 Å². The standard InChI is InChI=1S/C24H21N2P.C15H22O8S.Au/c1-2-10-18(11-3-1)27-23(21-14-6-8-16-25-21)19-12-4-5-13-20(19)24(27)22-15-7-9-17-26-22;1-7(2)20-13-12(21-9(4)17)11(6-19-8(3)16)23-15(24)14(13)22-10(5)18;/h1-3,6-11,14-17H,4-5,12-13H2;11-15,24H,1,6H2,2-5H3;/q;;+1/t;11-,12-,13+,14-,15+;/m.1./s1. The Morgan fingerprint density at radius 2 is 1.27 bits per heavy atom. The summed E-state index contributed by atoms with van der Waals surface area (Å²) in [7, 11) is -1.12. The fourth-order valence-electron chi connectivity index (χ4n) is 6.59. The van der Waals surface area contributed by atoms with Gasteiger partial charge in [0.2, 0.25) is 0 Å². The number of nitrogens with zero attached hydrogens (tertiary/aromatic N) is 2. The Labute approximate surface area is 327 Å². The number of hydrogen-bond donors (Lipinski definition) is 0. The van der Waals surface area contributed by atoms with E-state index >= 15 is 0 Å². The van der Waals surface area contributed by atoms with Crippen molar-refractivity contribution in [2.75, 3.05) is 6.61 Å². The maximum Gasteiger partial charge on any atom is 1.00 e. The zero-order chi connectivity index (χ0) is 36.5. The summed E-state index contributed by atoms with van der Waals surface area (Å²) in [5.74, 6) is -1.41. The second kappa shape index (κ2) is 19.5. The Kier molecular flexibility index (Phi) is 15.4. The van der Waals surface area contributed by atoms with Crippen LogP contribution in [0, 0.1) is 0 Å². The fourth-order valence-corrected chi connectivity index (χ4v) is 10.3. The van der Waals surface area contributed by atoms with Crippen molar-refractivity contribution in [3.8, 4) is 0 Å². The van der Waals surface area contributed by atoms with Crippen molar-refractivity contribution >= 4 is 54.4 Å². The van der Waals surface area contributed by atoms with Crippen LogP contribution in [-0.4, -0.2) is 64.3 Å². The van der Waals surface area contributed by atoms with Crippen molar-refractivity contribution in [2.24, 2.45) is 0 Å². The molecule has 1 aliphatic carbocycles. The summed E-state index contributed by atoms with van der Waals surface area (Å²) in [6.45, 7) is 8.69. The van der Waals surface area contributed by atoms with Crippen LogP contribution in [0.1, 0.15) is 64.8 Å². The Morgan fingerprint density at radius 3 is 1.73 bits per heavy atom. The molecule has 3 aliphatic rings. The predicted molar refractivity (Wildman–Crippen MR) is 199 cm³/mol. The number of carbonyl (C=O) groups excluding carboxylic acids is 3. The molecule has 0 N–H and O–H groups in total. The van der Waals surface area contributed by atoms with E-state index in [9.17, 15) is 14.4 Å². The van der Waals surface area contributed by atoms with E-state index in [0.717, 1.165) is 11.4 Å². The Balaban J connectivity index is 0.000000231. The van der Waals surface area contributed by atoms with E-state index in [1.807, 2.05) is 24.5 Å². The van der Waals surface area contributed by atoms with Crippen molar-refractivity contribution in [1.29, 1.82) is 0 Å². The van der Waals surface area contributed by atoms with Gasteiger partial charge in [0.1, 0.15) is 54.1 Å². The summed E-state index contributed by atoms with van der Waals surface area (Å²) >= 11 is 5.19. The van der Waals surface area contributed by atoms with Gasteiger partial charge in [0.15, 0.2) is 12.2 Å². The Bertz CT molecular complexity index is 1710. The van der Waals surface area contributed by atoms with Gasteiger partial charge in [-0.25, -0.2) is 0 Å². The van der Waals surface area contributed by atoms with Crippen LogP contribution in [0.5, 0.6) is 0 Å². The number of rotatable bonds is 9. The number of carbonyl (C=O) groups is 3. The normalized spacial score (nSPS) is 22.5. The zero-order valence-corrected chi connectivity index (χ0v) is 33.5. The topological polar surface area (TPSA) is 123 Å². The molecule has 278 valence electrons. The molecule has 52 heavy (non-hydrogen) atoms. The van der Waals surface area contributed by atoms with E-state index in [-0.39, 0.29) is 29.0 Å². The van der Waals surface area contributed by atoms with E-state index in [1.54, 1.807) is 18.1 Å². The number of esters is 3. The molecule has 0 spiro atoms. The number of pyridine rings is 2. The van der Waals surface area contributed by atoms with Crippen LogP contribution < -0.4 is 5.30 Å². The molecule has 2 aliphatic heterocycles. The number of aromatic nitrogens is 2. The predicted octanol–water partition coefficient (Wildman–Crippen LogP) is 6.33. The molecule has 3 aromatic rings. The molecule has 2 aromatic heterocycles. The molecule has 13 heteroatoms. The average molecular weight is 928 g/mol. The molecule has 0 unspecified atom stereocenters. The molecule has 2 fully saturated rings.